The first-order valence-electron chi connectivity index (χ1n) is 5.86. The standard InChI is InChI=1S/C15H11BrN2O2/c16-13-7-10(8-17)5-6-14(13)18-9-11-3-1-2-4-12(11)15(19)20/h1-7,18H,9H2,(H,19,20). The summed E-state index contributed by atoms with van der Waals surface area (Å²) in [5.74, 6) is -0.943. The van der Waals surface area contributed by atoms with E-state index in [0.29, 0.717) is 17.7 Å². The van der Waals surface area contributed by atoms with E-state index < -0.39 is 5.97 Å². The molecule has 0 aliphatic heterocycles. The Morgan fingerprint density at radius 3 is 2.70 bits per heavy atom. The van der Waals surface area contributed by atoms with E-state index >= 15 is 0 Å². The number of hydrogen-bond acceptors (Lipinski definition) is 3. The number of aromatic carboxylic acids is 1. The molecule has 100 valence electrons. The largest absolute Gasteiger partial charge is 0.478 e. The summed E-state index contributed by atoms with van der Waals surface area (Å²) >= 11 is 3.38. The molecule has 2 aromatic rings. The summed E-state index contributed by atoms with van der Waals surface area (Å²) in [6.07, 6.45) is 0. The molecule has 5 heteroatoms. The lowest BCUT2D eigenvalue weighted by Gasteiger charge is -2.10. The molecule has 0 unspecified atom stereocenters. The average molecular weight is 331 g/mol. The molecule has 0 fully saturated rings. The number of hydrogen-bond donors (Lipinski definition) is 2. The topological polar surface area (TPSA) is 73.1 Å². The summed E-state index contributed by atoms with van der Waals surface area (Å²) < 4.78 is 0.768. The summed E-state index contributed by atoms with van der Waals surface area (Å²) in [6, 6.07) is 14.1. The molecule has 0 saturated heterocycles. The third-order valence-electron chi connectivity index (χ3n) is 2.82. The van der Waals surface area contributed by atoms with Gasteiger partial charge in [-0.25, -0.2) is 4.79 Å². The normalized spacial score (nSPS) is 9.80. The van der Waals surface area contributed by atoms with Crippen LogP contribution in [0.2, 0.25) is 0 Å². The summed E-state index contributed by atoms with van der Waals surface area (Å²) in [5, 5.41) is 21.1. The molecule has 0 aliphatic carbocycles. The monoisotopic (exact) mass is 330 g/mol. The third kappa shape index (κ3) is 3.16. The van der Waals surface area contributed by atoms with Gasteiger partial charge >= 0.3 is 5.97 Å². The first-order chi connectivity index (χ1) is 9.61. The van der Waals surface area contributed by atoms with Crippen LogP contribution in [0.3, 0.4) is 0 Å². The fourth-order valence-electron chi connectivity index (χ4n) is 1.80. The van der Waals surface area contributed by atoms with Crippen LogP contribution in [0.1, 0.15) is 21.5 Å². The predicted octanol–water partition coefficient (Wildman–Crippen LogP) is 3.63. The van der Waals surface area contributed by atoms with Gasteiger partial charge in [-0.3, -0.25) is 0 Å². The Hall–Kier alpha value is -2.32. The number of carboxylic acids is 1. The highest BCUT2D eigenvalue weighted by Crippen LogP contribution is 2.24. The Morgan fingerprint density at radius 1 is 1.30 bits per heavy atom. The van der Waals surface area contributed by atoms with E-state index in [1.54, 1.807) is 42.5 Å². The van der Waals surface area contributed by atoms with Crippen molar-refractivity contribution >= 4 is 27.6 Å². The lowest BCUT2D eigenvalue weighted by atomic mass is 10.1. The molecule has 2 rings (SSSR count). The highest BCUT2D eigenvalue weighted by molar-refractivity contribution is 9.10. The Balaban J connectivity index is 2.18. The van der Waals surface area contributed by atoms with Crippen molar-refractivity contribution in [3.63, 3.8) is 0 Å². The molecule has 0 saturated carbocycles. The highest BCUT2D eigenvalue weighted by Gasteiger charge is 2.09. The molecule has 0 aromatic heterocycles. The van der Waals surface area contributed by atoms with E-state index in [0.717, 1.165) is 10.2 Å². The summed E-state index contributed by atoms with van der Waals surface area (Å²) in [7, 11) is 0. The van der Waals surface area contributed by atoms with Gasteiger partial charge in [0, 0.05) is 16.7 Å². The van der Waals surface area contributed by atoms with Crippen molar-refractivity contribution < 1.29 is 9.90 Å². The van der Waals surface area contributed by atoms with E-state index in [1.165, 1.54) is 0 Å². The second-order valence-electron chi connectivity index (χ2n) is 4.12. The van der Waals surface area contributed by atoms with Crippen LogP contribution in [0.25, 0.3) is 0 Å². The van der Waals surface area contributed by atoms with Gasteiger partial charge in [-0.1, -0.05) is 18.2 Å². The minimum absolute atomic E-state index is 0.282. The van der Waals surface area contributed by atoms with E-state index in [4.69, 9.17) is 10.4 Å². The maximum atomic E-state index is 11.1. The van der Waals surface area contributed by atoms with Gasteiger partial charge < -0.3 is 10.4 Å². The molecule has 20 heavy (non-hydrogen) atoms. The lowest BCUT2D eigenvalue weighted by Crippen LogP contribution is -2.07. The van der Waals surface area contributed by atoms with E-state index in [1.807, 2.05) is 0 Å². The van der Waals surface area contributed by atoms with Crippen molar-refractivity contribution in [2.45, 2.75) is 6.54 Å². The SMILES string of the molecule is N#Cc1ccc(NCc2ccccc2C(=O)O)c(Br)c1. The number of carbonyl (C=O) groups is 1. The zero-order valence-electron chi connectivity index (χ0n) is 10.4. The molecular weight excluding hydrogens is 320 g/mol. The molecule has 4 nitrogen and oxygen atoms in total. The van der Waals surface area contributed by atoms with Gasteiger partial charge in [0.2, 0.25) is 0 Å². The minimum atomic E-state index is -0.943. The fourth-order valence-corrected chi connectivity index (χ4v) is 2.32. The van der Waals surface area contributed by atoms with Gasteiger partial charge in [-0.2, -0.15) is 5.26 Å². The Bertz CT molecular complexity index is 693. The van der Waals surface area contributed by atoms with Crippen LogP contribution in [0.15, 0.2) is 46.9 Å². The first kappa shape index (κ1) is 14.1. The number of benzene rings is 2. The Labute approximate surface area is 124 Å². The number of nitrogens with zero attached hydrogens (tertiary/aromatic N) is 1. The van der Waals surface area contributed by atoms with Gasteiger partial charge in [0.25, 0.3) is 0 Å². The molecule has 0 aliphatic rings. The fraction of sp³-hybridized carbons (Fsp3) is 0.0667. The molecule has 0 atom stereocenters. The second kappa shape index (κ2) is 6.22. The number of halogens is 1. The first-order valence-corrected chi connectivity index (χ1v) is 6.66. The molecule has 0 heterocycles. The molecule has 0 bridgehead atoms. The van der Waals surface area contributed by atoms with Crippen LogP contribution >= 0.6 is 15.9 Å². The zero-order chi connectivity index (χ0) is 14.5. The number of rotatable bonds is 4. The van der Waals surface area contributed by atoms with Gasteiger partial charge in [-0.15, -0.1) is 0 Å². The van der Waals surface area contributed by atoms with E-state index in [2.05, 4.69) is 27.3 Å². The second-order valence-corrected chi connectivity index (χ2v) is 4.98. The van der Waals surface area contributed by atoms with Crippen molar-refractivity contribution in [2.24, 2.45) is 0 Å². The molecule has 2 aromatic carbocycles. The quantitative estimate of drug-likeness (QED) is 0.897. The van der Waals surface area contributed by atoms with Crippen LogP contribution in [0.4, 0.5) is 5.69 Å². The van der Waals surface area contributed by atoms with Crippen LogP contribution in [-0.2, 0) is 6.54 Å². The van der Waals surface area contributed by atoms with Crippen molar-refractivity contribution in [2.75, 3.05) is 5.32 Å². The maximum Gasteiger partial charge on any atom is 0.336 e. The summed E-state index contributed by atoms with van der Waals surface area (Å²) in [4.78, 5) is 11.1. The van der Waals surface area contributed by atoms with Crippen molar-refractivity contribution in [1.29, 1.82) is 5.26 Å². The lowest BCUT2D eigenvalue weighted by molar-refractivity contribution is 0.0696. The maximum absolute atomic E-state index is 11.1. The minimum Gasteiger partial charge on any atom is -0.478 e. The van der Waals surface area contributed by atoms with Crippen LogP contribution < -0.4 is 5.32 Å². The van der Waals surface area contributed by atoms with Crippen molar-refractivity contribution in [1.82, 2.24) is 0 Å². The Kier molecular flexibility index (Phi) is 4.38. The van der Waals surface area contributed by atoms with E-state index in [9.17, 15) is 4.79 Å². The zero-order valence-corrected chi connectivity index (χ0v) is 12.0. The van der Waals surface area contributed by atoms with Gasteiger partial charge in [0.1, 0.15) is 0 Å². The smallest absolute Gasteiger partial charge is 0.336 e. The third-order valence-corrected chi connectivity index (χ3v) is 3.47. The number of nitriles is 1. The van der Waals surface area contributed by atoms with Crippen LogP contribution in [-0.4, -0.2) is 11.1 Å². The predicted molar refractivity (Wildman–Crippen MR) is 79.6 cm³/mol. The van der Waals surface area contributed by atoms with Gasteiger partial charge in [-0.05, 0) is 45.8 Å². The van der Waals surface area contributed by atoms with Crippen molar-refractivity contribution in [3.05, 3.63) is 63.6 Å². The van der Waals surface area contributed by atoms with Gasteiger partial charge in [0.15, 0.2) is 0 Å². The molecule has 2 N–H and O–H groups in total. The molecule has 0 amide bonds. The van der Waals surface area contributed by atoms with Crippen LogP contribution in [0.5, 0.6) is 0 Å². The van der Waals surface area contributed by atoms with Crippen LogP contribution in [0, 0.1) is 11.3 Å². The Morgan fingerprint density at radius 2 is 2.05 bits per heavy atom. The number of carboxylic acid groups (broad SMARTS) is 1. The number of nitrogens with one attached hydrogen (secondary N) is 1. The van der Waals surface area contributed by atoms with Crippen molar-refractivity contribution in [3.8, 4) is 6.07 Å². The average Bonchev–Trinajstić information content (AvgIpc) is 2.46. The molecular formula is C15H11BrN2O2. The van der Waals surface area contributed by atoms with E-state index in [-0.39, 0.29) is 5.56 Å². The van der Waals surface area contributed by atoms with Gasteiger partial charge in [0.05, 0.1) is 17.2 Å². The summed E-state index contributed by atoms with van der Waals surface area (Å²) in [5.41, 5.74) is 2.36. The highest BCUT2D eigenvalue weighted by atomic mass is 79.9. The molecule has 0 radical (unpaired) electrons. The number of anilines is 1. The summed E-state index contributed by atoms with van der Waals surface area (Å²) in [6.45, 7) is 0.396. The molecule has 0 spiro atoms.